The number of carbonyl (C=O) groups is 1. The Morgan fingerprint density at radius 2 is 1.79 bits per heavy atom. The van der Waals surface area contributed by atoms with E-state index in [4.69, 9.17) is 10.5 Å². The fraction of sp³-hybridized carbons (Fsp3) is 0.375. The Hall–Kier alpha value is -3.59. The maximum absolute atomic E-state index is 12.8. The van der Waals surface area contributed by atoms with Gasteiger partial charge in [-0.05, 0) is 80.9 Å². The van der Waals surface area contributed by atoms with Crippen molar-refractivity contribution in [3.05, 3.63) is 54.1 Å². The fourth-order valence-electron chi connectivity index (χ4n) is 3.80. The van der Waals surface area contributed by atoms with Gasteiger partial charge < -0.3 is 25.6 Å². The molecule has 9 heteroatoms. The number of anilines is 4. The molecule has 1 saturated heterocycles. The predicted octanol–water partition coefficient (Wildman–Crippen LogP) is 3.22. The summed E-state index contributed by atoms with van der Waals surface area (Å²) in [6, 6.07) is 14.8. The number of carbonyl (C=O) groups excluding carboxylic acids is 1. The average molecular weight is 450 g/mol. The van der Waals surface area contributed by atoms with Crippen molar-refractivity contribution in [3.63, 3.8) is 0 Å². The van der Waals surface area contributed by atoms with Crippen LogP contribution in [0.3, 0.4) is 0 Å². The molecule has 2 aromatic carbocycles. The summed E-state index contributed by atoms with van der Waals surface area (Å²) in [5.41, 5.74) is 8.20. The maximum Gasteiger partial charge on any atom is 0.281 e. The van der Waals surface area contributed by atoms with Crippen LogP contribution in [0.4, 0.5) is 23.3 Å². The van der Waals surface area contributed by atoms with Gasteiger partial charge in [0.1, 0.15) is 5.75 Å². The first kappa shape index (κ1) is 22.6. The van der Waals surface area contributed by atoms with E-state index in [0.717, 1.165) is 34.8 Å². The van der Waals surface area contributed by atoms with Gasteiger partial charge >= 0.3 is 0 Å². The SMILES string of the molecule is CN(C)c1ccc(C(=O)n2nc(Nc3ccc(OCCCN4CCCC4)cc3)nc2N)cc1. The van der Waals surface area contributed by atoms with Crippen LogP contribution in [0.15, 0.2) is 48.5 Å². The molecule has 4 rings (SSSR count). The molecule has 0 radical (unpaired) electrons. The Morgan fingerprint density at radius 1 is 1.09 bits per heavy atom. The lowest BCUT2D eigenvalue weighted by Crippen LogP contribution is -2.21. The summed E-state index contributed by atoms with van der Waals surface area (Å²) in [5, 5.41) is 7.32. The predicted molar refractivity (Wildman–Crippen MR) is 130 cm³/mol. The van der Waals surface area contributed by atoms with E-state index in [1.54, 1.807) is 12.1 Å². The molecule has 0 saturated carbocycles. The van der Waals surface area contributed by atoms with Crippen molar-refractivity contribution in [2.45, 2.75) is 19.3 Å². The first-order valence-electron chi connectivity index (χ1n) is 11.3. The molecular formula is C24H31N7O2. The molecule has 0 aliphatic carbocycles. The number of nitrogens with zero attached hydrogens (tertiary/aromatic N) is 5. The normalized spacial score (nSPS) is 13.8. The molecule has 0 atom stereocenters. The van der Waals surface area contributed by atoms with E-state index >= 15 is 0 Å². The Labute approximate surface area is 194 Å². The molecule has 3 N–H and O–H groups in total. The molecule has 1 fully saturated rings. The standard InChI is InChI=1S/C24H31N7O2/c1-29(2)20-10-6-18(7-11-20)22(32)31-23(25)27-24(28-31)26-19-8-12-21(13-9-19)33-17-5-16-30-14-3-4-15-30/h6-13H,3-5,14-17H2,1-2H3,(H3,25,26,27,28). The van der Waals surface area contributed by atoms with Gasteiger partial charge in [-0.15, -0.1) is 5.10 Å². The van der Waals surface area contributed by atoms with E-state index in [1.807, 2.05) is 55.4 Å². The third-order valence-corrected chi connectivity index (χ3v) is 5.65. The van der Waals surface area contributed by atoms with E-state index in [0.29, 0.717) is 12.2 Å². The van der Waals surface area contributed by atoms with E-state index in [-0.39, 0.29) is 17.8 Å². The van der Waals surface area contributed by atoms with Crippen LogP contribution in [0.1, 0.15) is 29.6 Å². The number of hydrogen-bond donors (Lipinski definition) is 2. The minimum Gasteiger partial charge on any atom is -0.494 e. The summed E-state index contributed by atoms with van der Waals surface area (Å²) in [7, 11) is 3.89. The number of likely N-dealkylation sites (tertiary alicyclic amines) is 1. The Morgan fingerprint density at radius 3 is 2.45 bits per heavy atom. The molecule has 9 nitrogen and oxygen atoms in total. The molecule has 1 aromatic heterocycles. The van der Waals surface area contributed by atoms with Crippen molar-refractivity contribution in [1.29, 1.82) is 0 Å². The number of ether oxygens (including phenoxy) is 1. The van der Waals surface area contributed by atoms with Crippen molar-refractivity contribution >= 4 is 29.2 Å². The molecule has 33 heavy (non-hydrogen) atoms. The average Bonchev–Trinajstić information content (AvgIpc) is 3.47. The fourth-order valence-corrected chi connectivity index (χ4v) is 3.80. The largest absolute Gasteiger partial charge is 0.494 e. The van der Waals surface area contributed by atoms with Crippen molar-refractivity contribution in [3.8, 4) is 5.75 Å². The maximum atomic E-state index is 12.8. The monoisotopic (exact) mass is 449 g/mol. The van der Waals surface area contributed by atoms with Crippen LogP contribution in [-0.4, -0.2) is 65.9 Å². The van der Waals surface area contributed by atoms with Gasteiger partial charge in [0.05, 0.1) is 6.61 Å². The van der Waals surface area contributed by atoms with E-state index < -0.39 is 0 Å². The molecule has 1 aliphatic heterocycles. The van der Waals surface area contributed by atoms with Crippen LogP contribution in [0.2, 0.25) is 0 Å². The molecular weight excluding hydrogens is 418 g/mol. The first-order valence-corrected chi connectivity index (χ1v) is 11.3. The van der Waals surface area contributed by atoms with Crippen molar-refractivity contribution < 1.29 is 9.53 Å². The topological polar surface area (TPSA) is 102 Å². The quantitative estimate of drug-likeness (QED) is 0.480. The summed E-state index contributed by atoms with van der Waals surface area (Å²) in [6.45, 7) is 4.21. The molecule has 1 aliphatic rings. The van der Waals surface area contributed by atoms with Crippen LogP contribution in [0.25, 0.3) is 0 Å². The van der Waals surface area contributed by atoms with Gasteiger partial charge in [-0.3, -0.25) is 4.79 Å². The number of aromatic nitrogens is 3. The second kappa shape index (κ2) is 10.4. The molecule has 0 bridgehead atoms. The van der Waals surface area contributed by atoms with Gasteiger partial charge in [0.2, 0.25) is 11.9 Å². The van der Waals surface area contributed by atoms with Crippen LogP contribution in [0, 0.1) is 0 Å². The van der Waals surface area contributed by atoms with Crippen LogP contribution >= 0.6 is 0 Å². The molecule has 174 valence electrons. The lowest BCUT2D eigenvalue weighted by atomic mass is 10.2. The van der Waals surface area contributed by atoms with Gasteiger partial charge in [-0.25, -0.2) is 0 Å². The third-order valence-electron chi connectivity index (χ3n) is 5.65. The molecule has 0 unspecified atom stereocenters. The van der Waals surface area contributed by atoms with E-state index in [1.165, 1.54) is 25.9 Å². The summed E-state index contributed by atoms with van der Waals surface area (Å²) in [6.07, 6.45) is 3.64. The zero-order valence-corrected chi connectivity index (χ0v) is 19.2. The number of nitrogen functional groups attached to an aromatic ring is 1. The van der Waals surface area contributed by atoms with Gasteiger partial charge in [0, 0.05) is 37.6 Å². The Balaban J connectivity index is 1.31. The Kier molecular flexibility index (Phi) is 7.09. The first-order chi connectivity index (χ1) is 16.0. The highest BCUT2D eigenvalue weighted by molar-refractivity contribution is 5.97. The van der Waals surface area contributed by atoms with Crippen LogP contribution in [-0.2, 0) is 0 Å². The van der Waals surface area contributed by atoms with E-state index in [9.17, 15) is 4.79 Å². The van der Waals surface area contributed by atoms with Crippen molar-refractivity contribution in [2.75, 3.05) is 56.3 Å². The summed E-state index contributed by atoms with van der Waals surface area (Å²) in [5.74, 6) is 0.759. The number of benzene rings is 2. The Bertz CT molecular complexity index is 1060. The second-order valence-corrected chi connectivity index (χ2v) is 8.35. The molecule has 2 heterocycles. The highest BCUT2D eigenvalue weighted by Gasteiger charge is 2.16. The smallest absolute Gasteiger partial charge is 0.281 e. The van der Waals surface area contributed by atoms with Gasteiger partial charge in [0.15, 0.2) is 0 Å². The number of hydrogen-bond acceptors (Lipinski definition) is 8. The van der Waals surface area contributed by atoms with Crippen LogP contribution < -0.4 is 20.7 Å². The number of nitrogens with one attached hydrogen (secondary N) is 1. The summed E-state index contributed by atoms with van der Waals surface area (Å²) in [4.78, 5) is 21.4. The van der Waals surface area contributed by atoms with Gasteiger partial charge in [-0.1, -0.05) is 0 Å². The van der Waals surface area contributed by atoms with Gasteiger partial charge in [0.25, 0.3) is 5.91 Å². The minimum absolute atomic E-state index is 0.0251. The third kappa shape index (κ3) is 5.81. The summed E-state index contributed by atoms with van der Waals surface area (Å²) >= 11 is 0. The lowest BCUT2D eigenvalue weighted by Gasteiger charge is -2.14. The second-order valence-electron chi connectivity index (χ2n) is 8.35. The lowest BCUT2D eigenvalue weighted by molar-refractivity contribution is 0.0948. The van der Waals surface area contributed by atoms with Crippen LogP contribution in [0.5, 0.6) is 5.75 Å². The minimum atomic E-state index is -0.337. The van der Waals surface area contributed by atoms with Gasteiger partial charge in [-0.2, -0.15) is 9.67 Å². The van der Waals surface area contributed by atoms with Crippen molar-refractivity contribution in [2.24, 2.45) is 0 Å². The molecule has 3 aromatic rings. The van der Waals surface area contributed by atoms with Crippen molar-refractivity contribution in [1.82, 2.24) is 19.7 Å². The highest BCUT2D eigenvalue weighted by Crippen LogP contribution is 2.20. The number of nitrogens with two attached hydrogens (primary N) is 1. The van der Waals surface area contributed by atoms with E-state index in [2.05, 4.69) is 20.3 Å². The highest BCUT2D eigenvalue weighted by atomic mass is 16.5. The zero-order valence-electron chi connectivity index (χ0n) is 19.2. The molecule has 0 spiro atoms. The molecule has 0 amide bonds. The zero-order chi connectivity index (χ0) is 23.2. The number of rotatable bonds is 9. The summed E-state index contributed by atoms with van der Waals surface area (Å²) < 4.78 is 6.94.